The Kier molecular flexibility index (Phi) is 3.36. The Balaban J connectivity index is 1.90. The van der Waals surface area contributed by atoms with Gasteiger partial charge in [-0.25, -0.2) is 5.10 Å². The highest BCUT2D eigenvalue weighted by Crippen LogP contribution is 2.12. The van der Waals surface area contributed by atoms with E-state index in [4.69, 9.17) is 0 Å². The molecule has 1 aromatic carbocycles. The minimum Gasteiger partial charge on any atom is -0.345 e. The maximum absolute atomic E-state index is 12.2. The summed E-state index contributed by atoms with van der Waals surface area (Å²) in [6.07, 6.45) is 0. The minimum atomic E-state index is -0.422. The molecule has 0 bridgehead atoms. The number of aromatic nitrogens is 3. The van der Waals surface area contributed by atoms with Gasteiger partial charge in [-0.05, 0) is 6.07 Å². The van der Waals surface area contributed by atoms with Crippen LogP contribution in [0.15, 0.2) is 39.2 Å². The van der Waals surface area contributed by atoms with E-state index in [1.165, 1.54) is 0 Å². The minimum absolute atomic E-state index is 0.141. The van der Waals surface area contributed by atoms with E-state index in [0.29, 0.717) is 16.5 Å². The van der Waals surface area contributed by atoms with E-state index in [-0.39, 0.29) is 22.7 Å². The maximum Gasteiger partial charge on any atom is 0.304 e. The lowest BCUT2D eigenvalue weighted by atomic mass is 10.1. The highest BCUT2D eigenvalue weighted by atomic mass is 32.1. The van der Waals surface area contributed by atoms with Gasteiger partial charge in [0.25, 0.3) is 11.5 Å². The Morgan fingerprint density at radius 2 is 2.00 bits per heavy atom. The third kappa shape index (κ3) is 2.61. The first-order valence-electron chi connectivity index (χ1n) is 6.07. The zero-order chi connectivity index (χ0) is 14.8. The SMILES string of the molecule is O=C(NCc1csc(=O)[nH]1)c1n[nH]c(=O)c2ccccc12. The molecule has 106 valence electrons. The summed E-state index contributed by atoms with van der Waals surface area (Å²) in [5, 5.41) is 11.3. The number of rotatable bonds is 3. The van der Waals surface area contributed by atoms with Crippen molar-refractivity contribution in [2.24, 2.45) is 0 Å². The van der Waals surface area contributed by atoms with Crippen LogP contribution in [-0.4, -0.2) is 21.1 Å². The molecule has 0 aliphatic rings. The molecule has 2 heterocycles. The Bertz CT molecular complexity index is 925. The second-order valence-corrected chi connectivity index (χ2v) is 5.15. The molecule has 21 heavy (non-hydrogen) atoms. The van der Waals surface area contributed by atoms with Crippen LogP contribution in [0.25, 0.3) is 10.8 Å². The van der Waals surface area contributed by atoms with Crippen LogP contribution in [-0.2, 0) is 6.54 Å². The van der Waals surface area contributed by atoms with E-state index >= 15 is 0 Å². The van der Waals surface area contributed by atoms with E-state index in [1.807, 2.05) is 0 Å². The normalized spacial score (nSPS) is 10.7. The molecule has 1 amide bonds. The number of amides is 1. The number of hydrogen-bond acceptors (Lipinski definition) is 5. The smallest absolute Gasteiger partial charge is 0.304 e. The first-order chi connectivity index (χ1) is 10.1. The summed E-state index contributed by atoms with van der Waals surface area (Å²) in [5.41, 5.74) is 0.416. The van der Waals surface area contributed by atoms with Gasteiger partial charge >= 0.3 is 4.87 Å². The van der Waals surface area contributed by atoms with Gasteiger partial charge in [0.1, 0.15) is 0 Å². The number of carbonyl (C=O) groups is 1. The summed E-state index contributed by atoms with van der Waals surface area (Å²) in [7, 11) is 0. The van der Waals surface area contributed by atoms with Crippen molar-refractivity contribution in [1.82, 2.24) is 20.5 Å². The van der Waals surface area contributed by atoms with Gasteiger partial charge in [0, 0.05) is 16.5 Å². The quantitative estimate of drug-likeness (QED) is 0.658. The zero-order valence-corrected chi connectivity index (χ0v) is 11.5. The largest absolute Gasteiger partial charge is 0.345 e. The number of nitrogens with one attached hydrogen (secondary N) is 3. The third-order valence-electron chi connectivity index (χ3n) is 2.92. The first-order valence-corrected chi connectivity index (χ1v) is 6.95. The molecule has 0 saturated heterocycles. The molecule has 3 N–H and O–H groups in total. The Morgan fingerprint density at radius 1 is 1.24 bits per heavy atom. The van der Waals surface area contributed by atoms with E-state index in [9.17, 15) is 14.4 Å². The summed E-state index contributed by atoms with van der Waals surface area (Å²) < 4.78 is 0. The van der Waals surface area contributed by atoms with Crippen LogP contribution in [0.5, 0.6) is 0 Å². The van der Waals surface area contributed by atoms with Crippen LogP contribution in [0.1, 0.15) is 16.2 Å². The fourth-order valence-corrected chi connectivity index (χ4v) is 2.53. The van der Waals surface area contributed by atoms with Gasteiger partial charge < -0.3 is 10.3 Å². The molecule has 0 fully saturated rings. The molecule has 0 saturated carbocycles. The average molecular weight is 302 g/mol. The molecule has 3 aromatic rings. The molecular formula is C13H10N4O3S. The molecule has 0 unspecified atom stereocenters. The molecule has 0 radical (unpaired) electrons. The number of H-pyrrole nitrogens is 2. The fourth-order valence-electron chi connectivity index (χ4n) is 1.95. The maximum atomic E-state index is 12.2. The van der Waals surface area contributed by atoms with Crippen molar-refractivity contribution < 1.29 is 4.79 Å². The number of fused-ring (bicyclic) bond motifs is 1. The summed E-state index contributed by atoms with van der Waals surface area (Å²) in [6.45, 7) is 0.187. The molecule has 7 nitrogen and oxygen atoms in total. The zero-order valence-electron chi connectivity index (χ0n) is 10.7. The molecule has 0 spiro atoms. The van der Waals surface area contributed by atoms with Crippen molar-refractivity contribution in [1.29, 1.82) is 0 Å². The monoisotopic (exact) mass is 302 g/mol. The molecule has 0 atom stereocenters. The van der Waals surface area contributed by atoms with Gasteiger partial charge in [0.15, 0.2) is 5.69 Å². The average Bonchev–Trinajstić information content (AvgIpc) is 2.91. The van der Waals surface area contributed by atoms with Crippen LogP contribution >= 0.6 is 11.3 Å². The lowest BCUT2D eigenvalue weighted by Crippen LogP contribution is -2.26. The van der Waals surface area contributed by atoms with Gasteiger partial charge in [-0.2, -0.15) is 5.10 Å². The number of aromatic amines is 2. The third-order valence-corrected chi connectivity index (χ3v) is 3.64. The Hall–Kier alpha value is -2.74. The van der Waals surface area contributed by atoms with Gasteiger partial charge in [0.05, 0.1) is 11.9 Å². The van der Waals surface area contributed by atoms with Crippen molar-refractivity contribution in [3.63, 3.8) is 0 Å². The van der Waals surface area contributed by atoms with Crippen LogP contribution < -0.4 is 15.7 Å². The van der Waals surface area contributed by atoms with Crippen molar-refractivity contribution >= 4 is 28.0 Å². The van der Waals surface area contributed by atoms with E-state index < -0.39 is 5.91 Å². The molecule has 3 rings (SSSR count). The van der Waals surface area contributed by atoms with Gasteiger partial charge in [-0.1, -0.05) is 29.5 Å². The summed E-state index contributed by atoms with van der Waals surface area (Å²) in [5.74, 6) is -0.422. The molecule has 0 aliphatic carbocycles. The van der Waals surface area contributed by atoms with Gasteiger partial charge in [-0.3, -0.25) is 14.4 Å². The van der Waals surface area contributed by atoms with E-state index in [1.54, 1.807) is 29.6 Å². The standard InChI is InChI=1S/C13H10N4O3S/c18-11-9-4-2-1-3-8(9)10(16-17-11)12(19)14-5-7-6-21-13(20)15-7/h1-4,6H,5H2,(H,14,19)(H,15,20)(H,17,18). The lowest BCUT2D eigenvalue weighted by molar-refractivity contribution is 0.0946. The number of nitrogens with zero attached hydrogens (tertiary/aromatic N) is 1. The van der Waals surface area contributed by atoms with Crippen molar-refractivity contribution in [2.75, 3.05) is 0 Å². The van der Waals surface area contributed by atoms with Gasteiger partial charge in [-0.15, -0.1) is 0 Å². The van der Waals surface area contributed by atoms with E-state index in [0.717, 1.165) is 11.3 Å². The van der Waals surface area contributed by atoms with Crippen molar-refractivity contribution in [3.8, 4) is 0 Å². The van der Waals surface area contributed by atoms with Crippen molar-refractivity contribution in [3.05, 3.63) is 61.1 Å². The number of hydrogen-bond donors (Lipinski definition) is 3. The van der Waals surface area contributed by atoms with Gasteiger partial charge in [0.2, 0.25) is 0 Å². The first kappa shape index (κ1) is 13.3. The fraction of sp³-hybridized carbons (Fsp3) is 0.0769. The molecule has 0 aliphatic heterocycles. The molecule has 2 aromatic heterocycles. The van der Waals surface area contributed by atoms with Crippen LogP contribution in [0.2, 0.25) is 0 Å². The Morgan fingerprint density at radius 3 is 2.71 bits per heavy atom. The van der Waals surface area contributed by atoms with E-state index in [2.05, 4.69) is 20.5 Å². The Labute approximate surface area is 121 Å². The topological polar surface area (TPSA) is 108 Å². The number of benzene rings is 1. The second kappa shape index (κ2) is 5.33. The summed E-state index contributed by atoms with van der Waals surface area (Å²) in [6, 6.07) is 6.74. The van der Waals surface area contributed by atoms with Crippen molar-refractivity contribution in [2.45, 2.75) is 6.54 Å². The highest BCUT2D eigenvalue weighted by molar-refractivity contribution is 7.07. The predicted molar refractivity (Wildman–Crippen MR) is 78.5 cm³/mol. The highest BCUT2D eigenvalue weighted by Gasteiger charge is 2.13. The summed E-state index contributed by atoms with van der Waals surface area (Å²) in [4.78, 5) is 37.3. The number of thiazole rings is 1. The molecule has 8 heteroatoms. The second-order valence-electron chi connectivity index (χ2n) is 4.30. The van der Waals surface area contributed by atoms with Crippen LogP contribution in [0, 0.1) is 0 Å². The lowest BCUT2D eigenvalue weighted by Gasteiger charge is -2.05. The summed E-state index contributed by atoms with van der Waals surface area (Å²) >= 11 is 1.03. The molecular weight excluding hydrogens is 292 g/mol. The van der Waals surface area contributed by atoms with Crippen LogP contribution in [0.3, 0.4) is 0 Å². The number of carbonyl (C=O) groups excluding carboxylic acids is 1. The van der Waals surface area contributed by atoms with Crippen LogP contribution in [0.4, 0.5) is 0 Å². The predicted octanol–water partition coefficient (Wildman–Crippen LogP) is 0.603.